The second-order valence-electron chi connectivity index (χ2n) is 6.37. The van der Waals surface area contributed by atoms with Gasteiger partial charge in [-0.2, -0.15) is 5.10 Å². The molecule has 0 bridgehead atoms. The average Bonchev–Trinajstić information content (AvgIpc) is 3.11. The summed E-state index contributed by atoms with van der Waals surface area (Å²) in [7, 11) is 0. The molecule has 0 atom stereocenters. The first kappa shape index (κ1) is 21.6. The summed E-state index contributed by atoms with van der Waals surface area (Å²) in [5.74, 6) is -1.10. The van der Waals surface area contributed by atoms with E-state index in [1.165, 1.54) is 23.0 Å². The normalized spacial score (nSPS) is 11.0. The first-order valence-corrected chi connectivity index (χ1v) is 10.6. The molecule has 2 aromatic heterocycles. The maximum Gasteiger partial charge on any atom is 0.274 e. The highest BCUT2D eigenvalue weighted by molar-refractivity contribution is 9.10. The Morgan fingerprint density at radius 1 is 1.10 bits per heavy atom. The summed E-state index contributed by atoms with van der Waals surface area (Å²) >= 11 is 22.0. The third kappa shape index (κ3) is 4.12. The Morgan fingerprint density at radius 2 is 1.87 bits per heavy atom. The number of primary amides is 1. The highest BCUT2D eigenvalue weighted by atomic mass is 79.9. The Morgan fingerprint density at radius 3 is 2.58 bits per heavy atom. The topological polar surface area (TPSA) is 103 Å². The van der Waals surface area contributed by atoms with Crippen LogP contribution in [-0.4, -0.2) is 26.6 Å². The number of hydrogen-bond acceptors (Lipinski definition) is 4. The van der Waals surface area contributed by atoms with Crippen LogP contribution in [-0.2, 0) is 0 Å². The van der Waals surface area contributed by atoms with Gasteiger partial charge < -0.3 is 11.1 Å². The maximum atomic E-state index is 13.2. The van der Waals surface area contributed by atoms with Gasteiger partial charge in [0.25, 0.3) is 11.8 Å². The van der Waals surface area contributed by atoms with Crippen molar-refractivity contribution in [3.8, 4) is 5.82 Å². The Labute approximate surface area is 199 Å². The molecule has 3 N–H and O–H groups in total. The lowest BCUT2D eigenvalue weighted by atomic mass is 10.0. The van der Waals surface area contributed by atoms with E-state index < -0.39 is 11.8 Å². The summed E-state index contributed by atoms with van der Waals surface area (Å²) in [6.45, 7) is 0. The van der Waals surface area contributed by atoms with Gasteiger partial charge in [0.2, 0.25) is 0 Å². The van der Waals surface area contributed by atoms with Crippen molar-refractivity contribution in [2.45, 2.75) is 0 Å². The number of fused-ring (bicyclic) bond motifs is 1. The van der Waals surface area contributed by atoms with Crippen LogP contribution < -0.4 is 11.1 Å². The van der Waals surface area contributed by atoms with Crippen LogP contribution >= 0.6 is 50.7 Å². The molecule has 0 aliphatic carbocycles. The molecule has 11 heteroatoms. The second-order valence-corrected chi connectivity index (χ2v) is 8.40. The predicted octanol–water partition coefficient (Wildman–Crippen LogP) is 5.49. The molecule has 0 saturated carbocycles. The van der Waals surface area contributed by atoms with Gasteiger partial charge in [-0.1, -0.05) is 40.9 Å². The van der Waals surface area contributed by atoms with Crippen LogP contribution in [0.25, 0.3) is 16.6 Å². The third-order valence-corrected chi connectivity index (χ3v) is 5.70. The van der Waals surface area contributed by atoms with Crippen LogP contribution in [0.4, 0.5) is 5.69 Å². The molecule has 0 unspecified atom stereocenters. The van der Waals surface area contributed by atoms with Crippen LogP contribution in [0.3, 0.4) is 0 Å². The van der Waals surface area contributed by atoms with Gasteiger partial charge in [0.05, 0.1) is 21.3 Å². The van der Waals surface area contributed by atoms with Gasteiger partial charge in [-0.05, 0) is 51.6 Å². The average molecular weight is 540 g/mol. The minimum absolute atomic E-state index is 0.0362. The number of anilines is 1. The molecule has 0 radical (unpaired) electrons. The fourth-order valence-corrected chi connectivity index (χ4v) is 4.11. The smallest absolute Gasteiger partial charge is 0.274 e. The number of carbonyl (C=O) groups excluding carboxylic acids is 2. The van der Waals surface area contributed by atoms with E-state index in [4.69, 9.17) is 40.5 Å². The van der Waals surface area contributed by atoms with Crippen molar-refractivity contribution < 1.29 is 9.59 Å². The molecule has 0 aliphatic rings. The van der Waals surface area contributed by atoms with Gasteiger partial charge in [-0.3, -0.25) is 9.59 Å². The predicted molar refractivity (Wildman–Crippen MR) is 125 cm³/mol. The summed E-state index contributed by atoms with van der Waals surface area (Å²) in [6, 6.07) is 11.3. The lowest BCUT2D eigenvalue weighted by Crippen LogP contribution is -2.21. The Balaban J connectivity index is 1.82. The zero-order valence-electron chi connectivity index (χ0n) is 15.4. The Kier molecular flexibility index (Phi) is 5.90. The van der Waals surface area contributed by atoms with Gasteiger partial charge in [-0.25, -0.2) is 9.67 Å². The van der Waals surface area contributed by atoms with Crippen LogP contribution in [0.2, 0.25) is 15.1 Å². The molecule has 2 amide bonds. The maximum absolute atomic E-state index is 13.2. The molecule has 156 valence electrons. The minimum atomic E-state index is -0.762. The first-order chi connectivity index (χ1) is 14.8. The number of nitrogens with zero attached hydrogens (tertiary/aromatic N) is 3. The van der Waals surface area contributed by atoms with Crippen molar-refractivity contribution in [2.24, 2.45) is 5.73 Å². The van der Waals surface area contributed by atoms with Crippen molar-refractivity contribution in [3.05, 3.63) is 79.6 Å². The van der Waals surface area contributed by atoms with E-state index in [-0.39, 0.29) is 27.8 Å². The number of nitrogens with one attached hydrogen (secondary N) is 1. The second kappa shape index (κ2) is 8.47. The van der Waals surface area contributed by atoms with Gasteiger partial charge >= 0.3 is 0 Å². The van der Waals surface area contributed by atoms with Gasteiger partial charge in [-0.15, -0.1) is 0 Å². The number of amides is 2. The molecular weight excluding hydrogens is 529 g/mol. The summed E-state index contributed by atoms with van der Waals surface area (Å²) in [6.07, 6.45) is 1.52. The summed E-state index contributed by atoms with van der Waals surface area (Å²) in [5, 5.41) is 9.02. The number of hydrogen-bond donors (Lipinski definition) is 2. The molecule has 0 aliphatic heterocycles. The number of nitrogens with two attached hydrogens (primary N) is 1. The SMILES string of the molecule is NC(=O)c1cc2cc(Cl)ccc2c(Cl)c1NC(=O)c1cc(Br)nn1-c1ncccc1Cl. The summed E-state index contributed by atoms with van der Waals surface area (Å²) in [4.78, 5) is 29.4. The molecule has 7 nitrogen and oxygen atoms in total. The van der Waals surface area contributed by atoms with E-state index in [9.17, 15) is 9.59 Å². The molecule has 0 spiro atoms. The monoisotopic (exact) mass is 537 g/mol. The van der Waals surface area contributed by atoms with Crippen LogP contribution in [0.15, 0.2) is 53.3 Å². The molecule has 4 aromatic rings. The fourth-order valence-electron chi connectivity index (χ4n) is 3.04. The summed E-state index contributed by atoms with van der Waals surface area (Å²) in [5.41, 5.74) is 5.75. The van der Waals surface area contributed by atoms with E-state index in [0.717, 1.165) is 0 Å². The van der Waals surface area contributed by atoms with Crippen molar-refractivity contribution in [3.63, 3.8) is 0 Å². The Hall–Kier alpha value is -2.65. The molecule has 0 fully saturated rings. The number of rotatable bonds is 4. The quantitative estimate of drug-likeness (QED) is 0.358. The van der Waals surface area contributed by atoms with E-state index in [2.05, 4.69) is 31.3 Å². The van der Waals surface area contributed by atoms with Crippen molar-refractivity contribution in [2.75, 3.05) is 5.32 Å². The minimum Gasteiger partial charge on any atom is -0.366 e. The molecule has 4 rings (SSSR count). The lowest BCUT2D eigenvalue weighted by Gasteiger charge is -2.14. The lowest BCUT2D eigenvalue weighted by molar-refractivity contribution is 0.100. The van der Waals surface area contributed by atoms with Crippen LogP contribution in [0.5, 0.6) is 0 Å². The van der Waals surface area contributed by atoms with Gasteiger partial charge in [0.15, 0.2) is 5.82 Å². The molecule has 2 aromatic carbocycles. The van der Waals surface area contributed by atoms with Gasteiger partial charge in [0, 0.05) is 22.7 Å². The van der Waals surface area contributed by atoms with Gasteiger partial charge in [0.1, 0.15) is 10.3 Å². The number of carbonyl (C=O) groups is 2. The molecular formula is C20H11BrCl3N5O2. The van der Waals surface area contributed by atoms with E-state index in [1.54, 1.807) is 30.3 Å². The Bertz CT molecular complexity index is 1370. The summed E-state index contributed by atoms with van der Waals surface area (Å²) < 4.78 is 1.66. The highest BCUT2D eigenvalue weighted by Crippen LogP contribution is 2.36. The molecule has 31 heavy (non-hydrogen) atoms. The van der Waals surface area contributed by atoms with Crippen LogP contribution in [0.1, 0.15) is 20.8 Å². The zero-order valence-corrected chi connectivity index (χ0v) is 19.2. The van der Waals surface area contributed by atoms with E-state index in [0.29, 0.717) is 25.4 Å². The largest absolute Gasteiger partial charge is 0.366 e. The third-order valence-electron chi connectivity index (χ3n) is 4.39. The highest BCUT2D eigenvalue weighted by Gasteiger charge is 2.23. The van der Waals surface area contributed by atoms with Crippen molar-refractivity contribution >= 4 is 79.0 Å². The first-order valence-electron chi connectivity index (χ1n) is 8.65. The fraction of sp³-hybridized carbons (Fsp3) is 0. The number of halogens is 4. The number of pyridine rings is 1. The number of benzene rings is 2. The molecule has 2 heterocycles. The van der Waals surface area contributed by atoms with Crippen LogP contribution in [0, 0.1) is 0 Å². The standard InChI is InChI=1S/C20H11BrCl3N5O2/c21-15-8-14(29(28-15)19-13(23)2-1-5-26-19)20(31)27-17-12(18(25)30)7-9-6-10(22)3-4-11(9)16(17)24/h1-8H,(H2,25,30)(H,27,31). The van der Waals surface area contributed by atoms with Crippen molar-refractivity contribution in [1.82, 2.24) is 14.8 Å². The van der Waals surface area contributed by atoms with Crippen molar-refractivity contribution in [1.29, 1.82) is 0 Å². The zero-order chi connectivity index (χ0) is 22.3. The van der Waals surface area contributed by atoms with E-state index >= 15 is 0 Å². The number of aromatic nitrogens is 3. The van der Waals surface area contributed by atoms with E-state index in [1.807, 2.05) is 0 Å². The molecule has 0 saturated heterocycles.